The normalized spacial score (nSPS) is 22.6. The lowest BCUT2D eigenvalue weighted by molar-refractivity contribution is -0.0361. The van der Waals surface area contributed by atoms with E-state index in [0.29, 0.717) is 23.6 Å². The molecule has 1 aromatic rings. The maximum Gasteiger partial charge on any atom is 0.251 e. The Morgan fingerprint density at radius 1 is 1.08 bits per heavy atom. The van der Waals surface area contributed by atoms with Gasteiger partial charge in [-0.2, -0.15) is 0 Å². The minimum Gasteiger partial charge on any atom is -0.454 e. The maximum absolute atomic E-state index is 12.7. The summed E-state index contributed by atoms with van der Waals surface area (Å²) < 4.78 is 16.2. The van der Waals surface area contributed by atoms with Crippen molar-refractivity contribution in [2.24, 2.45) is 0 Å². The van der Waals surface area contributed by atoms with Crippen LogP contribution in [-0.2, 0) is 4.74 Å². The number of benzene rings is 1. The molecule has 3 aliphatic rings. The van der Waals surface area contributed by atoms with Crippen LogP contribution in [0.3, 0.4) is 0 Å². The summed E-state index contributed by atoms with van der Waals surface area (Å²) in [6.07, 6.45) is 6.06. The quantitative estimate of drug-likeness (QED) is 0.905. The molecule has 6 heteroatoms. The van der Waals surface area contributed by atoms with Gasteiger partial charge in [-0.15, -0.1) is 0 Å². The van der Waals surface area contributed by atoms with Crippen molar-refractivity contribution in [3.8, 4) is 11.5 Å². The number of fused-ring (bicyclic) bond motifs is 1. The van der Waals surface area contributed by atoms with Crippen molar-refractivity contribution >= 4 is 5.91 Å². The van der Waals surface area contributed by atoms with E-state index in [2.05, 4.69) is 10.2 Å². The molecule has 1 N–H and O–H groups in total. The van der Waals surface area contributed by atoms with Crippen molar-refractivity contribution in [3.05, 3.63) is 23.8 Å². The maximum atomic E-state index is 12.7. The van der Waals surface area contributed by atoms with Gasteiger partial charge in [0.05, 0.1) is 13.2 Å². The van der Waals surface area contributed by atoms with E-state index in [1.807, 2.05) is 0 Å². The van der Waals surface area contributed by atoms with Gasteiger partial charge in [-0.1, -0.05) is 19.3 Å². The molecular weight excluding hydrogens is 320 g/mol. The second kappa shape index (κ2) is 7.22. The summed E-state index contributed by atoms with van der Waals surface area (Å²) in [5, 5.41) is 3.18. The van der Waals surface area contributed by atoms with E-state index in [-0.39, 0.29) is 18.2 Å². The first-order valence-corrected chi connectivity index (χ1v) is 9.28. The fraction of sp³-hybridized carbons (Fsp3) is 0.632. The molecule has 2 fully saturated rings. The van der Waals surface area contributed by atoms with Gasteiger partial charge < -0.3 is 19.5 Å². The Hall–Kier alpha value is -1.79. The van der Waals surface area contributed by atoms with Crippen LogP contribution >= 0.6 is 0 Å². The number of carbonyl (C=O) groups is 1. The Labute approximate surface area is 148 Å². The molecule has 6 nitrogen and oxygen atoms in total. The van der Waals surface area contributed by atoms with Crippen LogP contribution < -0.4 is 14.8 Å². The van der Waals surface area contributed by atoms with Crippen LogP contribution in [0.2, 0.25) is 0 Å². The summed E-state index contributed by atoms with van der Waals surface area (Å²) in [7, 11) is 0. The monoisotopic (exact) mass is 346 g/mol. The van der Waals surface area contributed by atoms with Gasteiger partial charge in [0, 0.05) is 30.7 Å². The van der Waals surface area contributed by atoms with E-state index in [1.165, 1.54) is 19.3 Å². The second-order valence-corrected chi connectivity index (χ2v) is 7.14. The van der Waals surface area contributed by atoms with Gasteiger partial charge in [0.25, 0.3) is 5.91 Å². The Balaban J connectivity index is 1.44. The molecule has 0 aromatic heterocycles. The molecule has 0 bridgehead atoms. The molecule has 25 heavy (non-hydrogen) atoms. The first-order chi connectivity index (χ1) is 12.3. The molecule has 2 heterocycles. The standard InChI is InChI=1S/C19H26N2O4/c22-18(15-4-5-16-17(12-15)25-14-24-16)20-13-19(6-2-1-3-7-19)21-8-10-23-11-9-21/h4-5,12H,1-3,6-11,13-14H2,(H,20,22). The van der Waals surface area contributed by atoms with Crippen molar-refractivity contribution in [1.29, 1.82) is 0 Å². The van der Waals surface area contributed by atoms with E-state index in [1.54, 1.807) is 18.2 Å². The van der Waals surface area contributed by atoms with Crippen LogP contribution in [0.15, 0.2) is 18.2 Å². The first-order valence-electron chi connectivity index (χ1n) is 9.28. The molecule has 0 unspecified atom stereocenters. The first kappa shape index (κ1) is 16.7. The van der Waals surface area contributed by atoms with Gasteiger partial charge in [-0.3, -0.25) is 9.69 Å². The van der Waals surface area contributed by atoms with Gasteiger partial charge in [0.15, 0.2) is 11.5 Å². The van der Waals surface area contributed by atoms with E-state index >= 15 is 0 Å². The highest BCUT2D eigenvalue weighted by Gasteiger charge is 2.38. The predicted octanol–water partition coefficient (Wildman–Crippen LogP) is 2.18. The lowest BCUT2D eigenvalue weighted by Gasteiger charge is -2.48. The number of nitrogens with zero attached hydrogens (tertiary/aromatic N) is 1. The van der Waals surface area contributed by atoms with Gasteiger partial charge in [0.1, 0.15) is 0 Å². The smallest absolute Gasteiger partial charge is 0.251 e. The third-order valence-electron chi connectivity index (χ3n) is 5.68. The molecule has 1 saturated heterocycles. The van der Waals surface area contributed by atoms with Gasteiger partial charge >= 0.3 is 0 Å². The Morgan fingerprint density at radius 3 is 2.64 bits per heavy atom. The molecule has 1 aromatic carbocycles. The number of carbonyl (C=O) groups excluding carboxylic acids is 1. The van der Waals surface area contributed by atoms with Crippen molar-refractivity contribution in [3.63, 3.8) is 0 Å². The Kier molecular flexibility index (Phi) is 4.81. The minimum absolute atomic E-state index is 0.0449. The van der Waals surface area contributed by atoms with Crippen LogP contribution in [0.1, 0.15) is 42.5 Å². The van der Waals surface area contributed by atoms with E-state index in [0.717, 1.165) is 39.1 Å². The van der Waals surface area contributed by atoms with Crippen molar-refractivity contribution < 1.29 is 19.0 Å². The summed E-state index contributed by atoms with van der Waals surface area (Å²) in [6, 6.07) is 5.36. The molecule has 2 aliphatic heterocycles. The number of ether oxygens (including phenoxy) is 3. The molecule has 136 valence electrons. The van der Waals surface area contributed by atoms with E-state index < -0.39 is 0 Å². The fourth-order valence-corrected chi connectivity index (χ4v) is 4.24. The predicted molar refractivity (Wildman–Crippen MR) is 93.1 cm³/mol. The number of hydrogen-bond donors (Lipinski definition) is 1. The minimum atomic E-state index is -0.0449. The number of rotatable bonds is 4. The number of hydrogen-bond acceptors (Lipinski definition) is 5. The van der Waals surface area contributed by atoms with Gasteiger partial charge in [-0.25, -0.2) is 0 Å². The van der Waals surface area contributed by atoms with E-state index in [9.17, 15) is 4.79 Å². The summed E-state index contributed by atoms with van der Waals surface area (Å²) in [5.41, 5.74) is 0.700. The van der Waals surface area contributed by atoms with Gasteiger partial charge in [0.2, 0.25) is 6.79 Å². The topological polar surface area (TPSA) is 60.0 Å². The van der Waals surface area contributed by atoms with Crippen LogP contribution in [0.4, 0.5) is 0 Å². The molecule has 4 rings (SSSR count). The Morgan fingerprint density at radius 2 is 1.84 bits per heavy atom. The summed E-state index contributed by atoms with van der Waals surface area (Å²) in [5.74, 6) is 1.30. The van der Waals surface area contributed by atoms with Crippen molar-refractivity contribution in [2.75, 3.05) is 39.6 Å². The zero-order valence-corrected chi connectivity index (χ0v) is 14.6. The number of amides is 1. The Bertz CT molecular complexity index is 622. The summed E-state index contributed by atoms with van der Waals surface area (Å²) in [4.78, 5) is 15.2. The second-order valence-electron chi connectivity index (χ2n) is 7.14. The summed E-state index contributed by atoms with van der Waals surface area (Å²) >= 11 is 0. The highest BCUT2D eigenvalue weighted by molar-refractivity contribution is 5.95. The average molecular weight is 346 g/mol. The van der Waals surface area contributed by atoms with Crippen LogP contribution in [-0.4, -0.2) is 56.0 Å². The highest BCUT2D eigenvalue weighted by atomic mass is 16.7. The van der Waals surface area contributed by atoms with Crippen molar-refractivity contribution in [1.82, 2.24) is 10.2 Å². The molecule has 0 radical (unpaired) electrons. The number of nitrogens with one attached hydrogen (secondary N) is 1. The van der Waals surface area contributed by atoms with Crippen LogP contribution in [0, 0.1) is 0 Å². The molecule has 0 spiro atoms. The lowest BCUT2D eigenvalue weighted by Crippen LogP contribution is -2.59. The molecule has 1 saturated carbocycles. The van der Waals surface area contributed by atoms with Crippen molar-refractivity contribution in [2.45, 2.75) is 37.6 Å². The lowest BCUT2D eigenvalue weighted by atomic mass is 9.79. The zero-order chi connectivity index (χ0) is 17.1. The fourth-order valence-electron chi connectivity index (χ4n) is 4.24. The van der Waals surface area contributed by atoms with Gasteiger partial charge in [-0.05, 0) is 31.0 Å². The largest absolute Gasteiger partial charge is 0.454 e. The third-order valence-corrected chi connectivity index (χ3v) is 5.68. The molecule has 0 atom stereocenters. The SMILES string of the molecule is O=C(NCC1(N2CCOCC2)CCCCC1)c1ccc2c(c1)OCO2. The molecule has 1 aliphatic carbocycles. The van der Waals surface area contributed by atoms with Crippen LogP contribution in [0.25, 0.3) is 0 Å². The third kappa shape index (κ3) is 3.46. The summed E-state index contributed by atoms with van der Waals surface area (Å²) in [6.45, 7) is 4.41. The average Bonchev–Trinajstić information content (AvgIpc) is 3.15. The highest BCUT2D eigenvalue weighted by Crippen LogP contribution is 2.35. The van der Waals surface area contributed by atoms with E-state index in [4.69, 9.17) is 14.2 Å². The number of morpholine rings is 1. The zero-order valence-electron chi connectivity index (χ0n) is 14.6. The molecular formula is C19H26N2O4. The van der Waals surface area contributed by atoms with Crippen LogP contribution in [0.5, 0.6) is 11.5 Å². The molecule has 1 amide bonds.